The van der Waals surface area contributed by atoms with Crippen LogP contribution in [0.2, 0.25) is 0 Å². The molecule has 0 heterocycles. The first kappa shape index (κ1) is 24.8. The number of esters is 2. The molecule has 170 valence electrons. The van der Waals surface area contributed by atoms with Crippen LogP contribution in [0.4, 0.5) is 15.8 Å². The fraction of sp³-hybridized carbons (Fsp3) is 0.263. The van der Waals surface area contributed by atoms with Crippen LogP contribution in [0.3, 0.4) is 0 Å². The smallest absolute Gasteiger partial charge is 0.338 e. The zero-order valence-corrected chi connectivity index (χ0v) is 17.7. The van der Waals surface area contributed by atoms with Crippen molar-refractivity contribution in [3.63, 3.8) is 0 Å². The van der Waals surface area contributed by atoms with Crippen LogP contribution in [0, 0.1) is 20.2 Å². The fourth-order valence-electron chi connectivity index (χ4n) is 2.44. The van der Waals surface area contributed by atoms with E-state index in [0.29, 0.717) is 0 Å². The van der Waals surface area contributed by atoms with Crippen LogP contribution < -0.4 is 0 Å². The highest BCUT2D eigenvalue weighted by Gasteiger charge is 2.33. The molecule has 2 aromatic rings. The van der Waals surface area contributed by atoms with E-state index in [-0.39, 0.29) is 22.5 Å². The van der Waals surface area contributed by atoms with Crippen molar-refractivity contribution in [3.8, 4) is 0 Å². The van der Waals surface area contributed by atoms with Gasteiger partial charge in [0.05, 0.1) is 32.4 Å². The second-order valence-electron chi connectivity index (χ2n) is 6.29. The van der Waals surface area contributed by atoms with E-state index in [4.69, 9.17) is 14.6 Å². The Labute approximate surface area is 188 Å². The zero-order chi connectivity index (χ0) is 23.8. The Bertz CT molecular complexity index is 985. The Kier molecular flexibility index (Phi) is 8.72. The molecule has 0 fully saturated rings. The molecule has 11 nitrogen and oxygen atoms in total. The number of rotatable bonds is 10. The molecule has 1 N–H and O–H groups in total. The number of nitrogens with zero attached hydrogens (tertiary/aromatic N) is 2. The van der Waals surface area contributed by atoms with Crippen molar-refractivity contribution < 1.29 is 38.4 Å². The Morgan fingerprint density at radius 1 is 0.938 bits per heavy atom. The molecule has 2 aromatic carbocycles. The maximum atomic E-state index is 14.2. The van der Waals surface area contributed by atoms with Crippen molar-refractivity contribution >= 4 is 39.2 Å². The molecule has 0 amide bonds. The van der Waals surface area contributed by atoms with E-state index in [1.807, 2.05) is 0 Å². The molecular weight excluding hydrogens is 499 g/mol. The minimum atomic E-state index is -2.03. The lowest BCUT2D eigenvalue weighted by molar-refractivity contribution is -0.385. The third kappa shape index (κ3) is 6.52. The summed E-state index contributed by atoms with van der Waals surface area (Å²) in [5.41, 5.74) is -0.559. The number of aliphatic hydroxyl groups is 1. The van der Waals surface area contributed by atoms with Crippen LogP contribution >= 0.6 is 15.9 Å². The number of nitro benzene ring substituents is 2. The number of hydrogen-bond donors (Lipinski definition) is 1. The third-order valence-electron chi connectivity index (χ3n) is 4.13. The summed E-state index contributed by atoms with van der Waals surface area (Å²) in [4.78, 5) is 43.4. The van der Waals surface area contributed by atoms with Crippen molar-refractivity contribution in [3.05, 3.63) is 79.9 Å². The van der Waals surface area contributed by atoms with Crippen LogP contribution in [0.1, 0.15) is 20.7 Å². The lowest BCUT2D eigenvalue weighted by atomic mass is 10.1. The molecule has 3 atom stereocenters. The van der Waals surface area contributed by atoms with Crippen LogP contribution in [0.25, 0.3) is 0 Å². The largest absolute Gasteiger partial charge is 0.461 e. The number of halogens is 2. The molecule has 0 aliphatic rings. The van der Waals surface area contributed by atoms with Crippen molar-refractivity contribution in [2.75, 3.05) is 13.2 Å². The summed E-state index contributed by atoms with van der Waals surface area (Å²) in [7, 11) is 0. The van der Waals surface area contributed by atoms with E-state index in [9.17, 15) is 34.2 Å². The lowest BCUT2D eigenvalue weighted by Gasteiger charge is -2.25. The highest BCUT2D eigenvalue weighted by molar-refractivity contribution is 9.09. The average molecular weight is 515 g/mol. The van der Waals surface area contributed by atoms with E-state index in [0.717, 1.165) is 36.4 Å². The second-order valence-corrected chi connectivity index (χ2v) is 7.47. The quantitative estimate of drug-likeness (QED) is 0.217. The summed E-state index contributed by atoms with van der Waals surface area (Å²) in [6.45, 7) is -1.45. The summed E-state index contributed by atoms with van der Waals surface area (Å²) in [5, 5.41) is 30.5. The van der Waals surface area contributed by atoms with Gasteiger partial charge in [0.1, 0.15) is 6.61 Å². The van der Waals surface area contributed by atoms with Gasteiger partial charge in [0.2, 0.25) is 0 Å². The molecule has 0 radical (unpaired) electrons. The van der Waals surface area contributed by atoms with Crippen molar-refractivity contribution in [2.45, 2.75) is 17.1 Å². The van der Waals surface area contributed by atoms with E-state index < -0.39 is 52.1 Å². The summed E-state index contributed by atoms with van der Waals surface area (Å²) < 4.78 is 24.3. The van der Waals surface area contributed by atoms with Gasteiger partial charge in [-0.05, 0) is 24.3 Å². The maximum Gasteiger partial charge on any atom is 0.338 e. The van der Waals surface area contributed by atoms with Crippen LogP contribution in [-0.2, 0) is 9.47 Å². The number of aliphatic hydroxyl groups excluding tert-OH is 1. The topological polar surface area (TPSA) is 159 Å². The molecule has 0 aromatic heterocycles. The fourth-order valence-corrected chi connectivity index (χ4v) is 3.01. The number of benzene rings is 2. The number of carbonyl (C=O) groups excluding carboxylic acids is 2. The van der Waals surface area contributed by atoms with E-state index in [1.165, 1.54) is 12.1 Å². The van der Waals surface area contributed by atoms with Crippen LogP contribution in [0.5, 0.6) is 0 Å². The van der Waals surface area contributed by atoms with Gasteiger partial charge in [-0.15, -0.1) is 0 Å². The van der Waals surface area contributed by atoms with Gasteiger partial charge >= 0.3 is 11.9 Å². The van der Waals surface area contributed by atoms with Gasteiger partial charge in [0.25, 0.3) is 11.4 Å². The molecule has 0 saturated carbocycles. The van der Waals surface area contributed by atoms with E-state index in [2.05, 4.69) is 15.9 Å². The standard InChI is InChI=1S/C19H16BrFN2O9/c20-15(10-31-18(25)11-1-5-13(6-2-11)22(27)28)17(16(21)9-24)32-19(26)12-3-7-14(8-4-12)23(29)30/h1-8,15-17,24H,9-10H2/t15-,16-,17+/m0/s1. The highest BCUT2D eigenvalue weighted by Crippen LogP contribution is 2.21. The minimum absolute atomic E-state index is 0.00804. The molecule has 32 heavy (non-hydrogen) atoms. The van der Waals surface area contributed by atoms with Gasteiger partial charge in [-0.1, -0.05) is 15.9 Å². The molecule has 0 bridgehead atoms. The molecule has 13 heteroatoms. The number of alkyl halides is 2. The second kappa shape index (κ2) is 11.2. The highest BCUT2D eigenvalue weighted by atomic mass is 79.9. The summed E-state index contributed by atoms with van der Waals surface area (Å²) in [5.74, 6) is -1.86. The Balaban J connectivity index is 2.03. The van der Waals surface area contributed by atoms with Gasteiger partial charge < -0.3 is 14.6 Å². The number of carbonyl (C=O) groups is 2. The molecule has 0 spiro atoms. The normalized spacial score (nSPS) is 13.5. The Hall–Kier alpha value is -3.45. The minimum Gasteiger partial charge on any atom is -0.461 e. The van der Waals surface area contributed by atoms with Crippen molar-refractivity contribution in [1.82, 2.24) is 0 Å². The monoisotopic (exact) mass is 514 g/mol. The average Bonchev–Trinajstić information content (AvgIpc) is 2.80. The van der Waals surface area contributed by atoms with Gasteiger partial charge in [-0.25, -0.2) is 14.0 Å². The van der Waals surface area contributed by atoms with Gasteiger partial charge in [0, 0.05) is 24.3 Å². The lowest BCUT2D eigenvalue weighted by Crippen LogP contribution is -2.40. The maximum absolute atomic E-state index is 14.2. The summed E-state index contributed by atoms with van der Waals surface area (Å²) in [6, 6.07) is 8.98. The van der Waals surface area contributed by atoms with Crippen molar-refractivity contribution in [2.24, 2.45) is 0 Å². The first-order chi connectivity index (χ1) is 15.1. The third-order valence-corrected chi connectivity index (χ3v) is 4.92. The predicted octanol–water partition coefficient (Wildman–Crippen LogP) is 2.98. The molecule has 0 aliphatic heterocycles. The Morgan fingerprint density at radius 3 is 1.78 bits per heavy atom. The zero-order valence-electron chi connectivity index (χ0n) is 16.1. The number of ether oxygens (including phenoxy) is 2. The first-order valence-corrected chi connectivity index (χ1v) is 9.81. The number of hydrogen-bond acceptors (Lipinski definition) is 9. The van der Waals surface area contributed by atoms with Gasteiger partial charge in [-0.2, -0.15) is 0 Å². The predicted molar refractivity (Wildman–Crippen MR) is 110 cm³/mol. The van der Waals surface area contributed by atoms with Crippen LogP contribution in [-0.4, -0.2) is 57.2 Å². The van der Waals surface area contributed by atoms with Gasteiger partial charge in [-0.3, -0.25) is 20.2 Å². The summed E-state index contributed by atoms with van der Waals surface area (Å²) in [6.07, 6.45) is -3.59. The van der Waals surface area contributed by atoms with E-state index in [1.54, 1.807) is 0 Å². The van der Waals surface area contributed by atoms with E-state index >= 15 is 0 Å². The molecule has 0 saturated heterocycles. The van der Waals surface area contributed by atoms with Crippen molar-refractivity contribution in [1.29, 1.82) is 0 Å². The van der Waals surface area contributed by atoms with Crippen LogP contribution in [0.15, 0.2) is 48.5 Å². The number of nitro groups is 2. The first-order valence-electron chi connectivity index (χ1n) is 8.90. The molecular formula is C19H16BrFN2O9. The molecule has 2 rings (SSSR count). The summed E-state index contributed by atoms with van der Waals surface area (Å²) >= 11 is 3.07. The Morgan fingerprint density at radius 2 is 1.38 bits per heavy atom. The number of non-ortho nitro benzene ring substituents is 2. The SMILES string of the molecule is O=C(OC[C@H](Br)[C@@H](OC(=O)c1ccc([N+](=O)[O-])cc1)[C@@H](F)CO)c1ccc([N+](=O)[O-])cc1. The molecule has 0 unspecified atom stereocenters. The molecule has 0 aliphatic carbocycles. The van der Waals surface area contributed by atoms with Gasteiger partial charge in [0.15, 0.2) is 12.3 Å².